The number of aryl methyl sites for hydroxylation is 1. The van der Waals surface area contributed by atoms with E-state index in [1.807, 2.05) is 50.2 Å². The zero-order valence-corrected chi connectivity index (χ0v) is 23.1. The number of benzene rings is 3. The maximum atomic E-state index is 13.9. The number of H-pyrrole nitrogens is 1. The summed E-state index contributed by atoms with van der Waals surface area (Å²) in [7, 11) is 0. The minimum Gasteiger partial charge on any atom is -0.490 e. The lowest BCUT2D eigenvalue weighted by Gasteiger charge is -2.37. The number of nitrogens with one attached hydrogen (secondary N) is 2. The predicted molar refractivity (Wildman–Crippen MR) is 155 cm³/mol. The Labute approximate surface area is 235 Å². The standard InChI is InChI=1S/C31H28Cl2N2O4/c1-17(2)38-26-10-7-19(27-14-18-5-3-4-6-25(18)39-27)13-20(26)30(37)35-31(16-36)12-11-24-21(15-31)28-22(32)8-9-23(33)29(28)34-24/h3-10,13-14,17,34,36H,11-12,15-16H2,1-2H3,(H,35,37). The average molecular weight is 563 g/mol. The van der Waals surface area contributed by atoms with E-state index >= 15 is 0 Å². The second-order valence-electron chi connectivity index (χ2n) is 10.5. The number of carbonyl (C=O) groups is 1. The highest BCUT2D eigenvalue weighted by Gasteiger charge is 2.38. The normalized spacial score (nSPS) is 17.1. The molecule has 0 saturated carbocycles. The van der Waals surface area contributed by atoms with Gasteiger partial charge in [-0.1, -0.05) is 41.4 Å². The topological polar surface area (TPSA) is 87.5 Å². The second-order valence-corrected chi connectivity index (χ2v) is 11.3. The highest BCUT2D eigenvalue weighted by molar-refractivity contribution is 6.40. The van der Waals surface area contributed by atoms with Gasteiger partial charge in [0.1, 0.15) is 17.1 Å². The number of rotatable bonds is 6. The molecule has 3 aromatic carbocycles. The Morgan fingerprint density at radius 3 is 2.69 bits per heavy atom. The van der Waals surface area contributed by atoms with E-state index in [2.05, 4.69) is 10.3 Å². The van der Waals surface area contributed by atoms with Gasteiger partial charge in [-0.15, -0.1) is 0 Å². The Morgan fingerprint density at radius 2 is 1.92 bits per heavy atom. The van der Waals surface area contributed by atoms with Crippen LogP contribution in [-0.2, 0) is 12.8 Å². The number of aromatic amines is 1. The fourth-order valence-electron chi connectivity index (χ4n) is 5.48. The van der Waals surface area contributed by atoms with Crippen LogP contribution in [0, 0.1) is 0 Å². The molecular weight excluding hydrogens is 535 g/mol. The summed E-state index contributed by atoms with van der Waals surface area (Å²) in [4.78, 5) is 17.3. The van der Waals surface area contributed by atoms with Gasteiger partial charge >= 0.3 is 0 Å². The number of aliphatic hydroxyl groups is 1. The van der Waals surface area contributed by atoms with Crippen LogP contribution in [0.3, 0.4) is 0 Å². The lowest BCUT2D eigenvalue weighted by Crippen LogP contribution is -2.54. The Morgan fingerprint density at radius 1 is 1.13 bits per heavy atom. The third-order valence-electron chi connectivity index (χ3n) is 7.39. The third kappa shape index (κ3) is 4.67. The fourth-order valence-corrected chi connectivity index (χ4v) is 5.95. The molecule has 1 unspecified atom stereocenters. The van der Waals surface area contributed by atoms with Crippen molar-refractivity contribution in [2.24, 2.45) is 0 Å². The van der Waals surface area contributed by atoms with Gasteiger partial charge < -0.3 is 24.6 Å². The number of para-hydroxylation sites is 1. The zero-order valence-electron chi connectivity index (χ0n) is 21.6. The number of halogens is 2. The van der Waals surface area contributed by atoms with Gasteiger partial charge in [0.05, 0.1) is 39.4 Å². The molecule has 1 atom stereocenters. The van der Waals surface area contributed by atoms with E-state index in [0.29, 0.717) is 46.4 Å². The summed E-state index contributed by atoms with van der Waals surface area (Å²) in [6.45, 7) is 3.60. The maximum absolute atomic E-state index is 13.9. The third-order valence-corrected chi connectivity index (χ3v) is 8.02. The van der Waals surface area contributed by atoms with Crippen LogP contribution in [-0.4, -0.2) is 34.2 Å². The van der Waals surface area contributed by atoms with E-state index in [1.165, 1.54) is 0 Å². The van der Waals surface area contributed by atoms with Crippen molar-refractivity contribution in [3.05, 3.63) is 87.5 Å². The lowest BCUT2D eigenvalue weighted by atomic mass is 9.80. The predicted octanol–water partition coefficient (Wildman–Crippen LogP) is 7.32. The molecule has 8 heteroatoms. The van der Waals surface area contributed by atoms with E-state index < -0.39 is 5.54 Å². The van der Waals surface area contributed by atoms with Crippen molar-refractivity contribution < 1.29 is 19.1 Å². The quantitative estimate of drug-likeness (QED) is 0.202. The smallest absolute Gasteiger partial charge is 0.255 e. The van der Waals surface area contributed by atoms with E-state index in [4.69, 9.17) is 32.4 Å². The average Bonchev–Trinajstić information content (AvgIpc) is 3.53. The van der Waals surface area contributed by atoms with Crippen LogP contribution >= 0.6 is 23.2 Å². The van der Waals surface area contributed by atoms with E-state index in [0.717, 1.165) is 38.7 Å². The number of aromatic nitrogens is 1. The number of carbonyl (C=O) groups excluding carboxylic acids is 1. The van der Waals surface area contributed by atoms with Crippen LogP contribution in [0.1, 0.15) is 41.9 Å². The van der Waals surface area contributed by atoms with Crippen LogP contribution in [0.25, 0.3) is 33.2 Å². The molecular formula is C31H28Cl2N2O4. The van der Waals surface area contributed by atoms with Crippen LogP contribution in [0.5, 0.6) is 5.75 Å². The van der Waals surface area contributed by atoms with Crippen LogP contribution in [0.4, 0.5) is 0 Å². The largest absolute Gasteiger partial charge is 0.490 e. The first-order chi connectivity index (χ1) is 18.8. The SMILES string of the molecule is CC(C)Oc1ccc(-c2cc3ccccc3o2)cc1C(=O)NC1(CO)CCc2[nH]c3c(Cl)ccc(Cl)c3c2C1. The Balaban J connectivity index is 1.36. The van der Waals surface area contributed by atoms with Gasteiger partial charge in [-0.3, -0.25) is 4.79 Å². The molecule has 39 heavy (non-hydrogen) atoms. The Kier molecular flexibility index (Phi) is 6.58. The summed E-state index contributed by atoms with van der Waals surface area (Å²) >= 11 is 13.0. The zero-order chi connectivity index (χ0) is 27.3. The molecule has 0 fully saturated rings. The first-order valence-electron chi connectivity index (χ1n) is 13.0. The molecule has 0 aliphatic heterocycles. The summed E-state index contributed by atoms with van der Waals surface area (Å²) in [5.41, 5.74) is 3.79. The number of hydrogen-bond donors (Lipinski definition) is 3. The van der Waals surface area contributed by atoms with Crippen molar-refractivity contribution in [1.82, 2.24) is 10.3 Å². The van der Waals surface area contributed by atoms with Gasteiger partial charge in [0.2, 0.25) is 0 Å². The molecule has 2 heterocycles. The molecule has 0 saturated heterocycles. The van der Waals surface area contributed by atoms with Gasteiger partial charge in [-0.05, 0) is 74.7 Å². The van der Waals surface area contributed by atoms with Gasteiger partial charge in [-0.2, -0.15) is 0 Å². The van der Waals surface area contributed by atoms with Crippen molar-refractivity contribution >= 4 is 51.0 Å². The number of ether oxygens (including phenoxy) is 1. The monoisotopic (exact) mass is 562 g/mol. The van der Waals surface area contributed by atoms with Crippen molar-refractivity contribution in [3.63, 3.8) is 0 Å². The highest BCUT2D eigenvalue weighted by Crippen LogP contribution is 2.40. The molecule has 2 aromatic heterocycles. The molecule has 1 aliphatic rings. The van der Waals surface area contributed by atoms with Crippen LogP contribution < -0.4 is 10.1 Å². The highest BCUT2D eigenvalue weighted by atomic mass is 35.5. The number of amides is 1. The molecule has 3 N–H and O–H groups in total. The molecule has 0 spiro atoms. The lowest BCUT2D eigenvalue weighted by molar-refractivity contribution is 0.0803. The minimum atomic E-state index is -0.880. The number of aliphatic hydroxyl groups excluding tert-OH is 1. The van der Waals surface area contributed by atoms with Gasteiger partial charge in [0.25, 0.3) is 5.91 Å². The molecule has 6 nitrogen and oxygen atoms in total. The van der Waals surface area contributed by atoms with E-state index in [1.54, 1.807) is 24.3 Å². The molecule has 5 aromatic rings. The Hall–Kier alpha value is -3.45. The van der Waals surface area contributed by atoms with Crippen molar-refractivity contribution in [2.75, 3.05) is 6.61 Å². The number of furan rings is 1. The van der Waals surface area contributed by atoms with Gasteiger partial charge in [0, 0.05) is 28.5 Å². The second kappa shape index (κ2) is 9.94. The summed E-state index contributed by atoms with van der Waals surface area (Å²) < 4.78 is 12.1. The molecule has 0 radical (unpaired) electrons. The van der Waals surface area contributed by atoms with Gasteiger partial charge in [-0.25, -0.2) is 0 Å². The molecule has 0 bridgehead atoms. The maximum Gasteiger partial charge on any atom is 0.255 e. The summed E-state index contributed by atoms with van der Waals surface area (Å²) in [6.07, 6.45) is 1.46. The molecule has 1 amide bonds. The summed E-state index contributed by atoms with van der Waals surface area (Å²) in [5.74, 6) is 0.796. The van der Waals surface area contributed by atoms with Crippen molar-refractivity contribution in [2.45, 2.75) is 44.8 Å². The number of fused-ring (bicyclic) bond motifs is 4. The van der Waals surface area contributed by atoms with E-state index in [-0.39, 0.29) is 18.6 Å². The molecule has 6 rings (SSSR count). The molecule has 200 valence electrons. The molecule has 1 aliphatic carbocycles. The first-order valence-corrected chi connectivity index (χ1v) is 13.7. The summed E-state index contributed by atoms with van der Waals surface area (Å²) in [6, 6.07) is 18.7. The van der Waals surface area contributed by atoms with Crippen LogP contribution in [0.2, 0.25) is 10.0 Å². The Bertz CT molecular complexity index is 1690. The number of hydrogen-bond acceptors (Lipinski definition) is 4. The van der Waals surface area contributed by atoms with Crippen molar-refractivity contribution in [3.8, 4) is 17.1 Å². The first kappa shape index (κ1) is 25.8. The fraction of sp³-hybridized carbons (Fsp3) is 0.258. The summed E-state index contributed by atoms with van der Waals surface area (Å²) in [5, 5.41) is 16.7. The van der Waals surface area contributed by atoms with Gasteiger partial charge in [0.15, 0.2) is 0 Å². The van der Waals surface area contributed by atoms with E-state index in [9.17, 15) is 9.90 Å². The minimum absolute atomic E-state index is 0.129. The van der Waals surface area contributed by atoms with Crippen molar-refractivity contribution in [1.29, 1.82) is 0 Å². The van der Waals surface area contributed by atoms with Crippen LogP contribution in [0.15, 0.2) is 65.1 Å².